The van der Waals surface area contributed by atoms with E-state index >= 15 is 0 Å². The summed E-state index contributed by atoms with van der Waals surface area (Å²) in [5.41, 5.74) is 1.07. The molecule has 1 aromatic heterocycles. The van der Waals surface area contributed by atoms with Crippen LogP contribution >= 0.6 is 0 Å². The molecular formula is C13H21N3. The molecule has 0 aromatic carbocycles. The van der Waals surface area contributed by atoms with Crippen LogP contribution in [0.4, 0.5) is 0 Å². The van der Waals surface area contributed by atoms with Crippen LogP contribution in [-0.2, 0) is 6.54 Å². The molecule has 0 fully saturated rings. The van der Waals surface area contributed by atoms with Crippen molar-refractivity contribution < 1.29 is 0 Å². The van der Waals surface area contributed by atoms with E-state index in [9.17, 15) is 0 Å². The van der Waals surface area contributed by atoms with Gasteiger partial charge in [0, 0.05) is 31.2 Å². The zero-order valence-electron chi connectivity index (χ0n) is 10.4. The van der Waals surface area contributed by atoms with Crippen molar-refractivity contribution in [1.29, 1.82) is 0 Å². The number of terminal acetylenes is 1. The molecule has 1 rings (SSSR count). The molecule has 0 aliphatic carbocycles. The van der Waals surface area contributed by atoms with E-state index in [1.165, 1.54) is 0 Å². The third-order valence-corrected chi connectivity index (χ3v) is 2.62. The van der Waals surface area contributed by atoms with Gasteiger partial charge in [0.15, 0.2) is 0 Å². The Morgan fingerprint density at radius 2 is 2.31 bits per heavy atom. The first-order valence-electron chi connectivity index (χ1n) is 5.88. The van der Waals surface area contributed by atoms with Crippen molar-refractivity contribution in [2.45, 2.75) is 52.2 Å². The Balaban J connectivity index is 2.44. The molecule has 3 heteroatoms. The van der Waals surface area contributed by atoms with Gasteiger partial charge in [-0.1, -0.05) is 6.92 Å². The summed E-state index contributed by atoms with van der Waals surface area (Å²) in [7, 11) is 0. The Labute approximate surface area is 98.2 Å². The molecule has 0 saturated carbocycles. The van der Waals surface area contributed by atoms with E-state index in [-0.39, 0.29) is 0 Å². The van der Waals surface area contributed by atoms with Gasteiger partial charge in [-0.25, -0.2) is 0 Å². The predicted molar refractivity (Wildman–Crippen MR) is 67.0 cm³/mol. The van der Waals surface area contributed by atoms with Crippen molar-refractivity contribution in [2.24, 2.45) is 0 Å². The van der Waals surface area contributed by atoms with Crippen molar-refractivity contribution in [2.75, 3.05) is 0 Å². The van der Waals surface area contributed by atoms with Crippen LogP contribution in [0.2, 0.25) is 0 Å². The molecule has 0 amide bonds. The van der Waals surface area contributed by atoms with Crippen molar-refractivity contribution in [3.8, 4) is 12.3 Å². The lowest BCUT2D eigenvalue weighted by Gasteiger charge is -2.12. The topological polar surface area (TPSA) is 29.9 Å². The highest BCUT2D eigenvalue weighted by molar-refractivity contribution is 5.00. The van der Waals surface area contributed by atoms with Gasteiger partial charge in [-0.2, -0.15) is 5.10 Å². The number of nitrogens with one attached hydrogen (secondary N) is 1. The second-order valence-electron chi connectivity index (χ2n) is 4.28. The van der Waals surface area contributed by atoms with Crippen molar-refractivity contribution in [3.05, 3.63) is 18.0 Å². The summed E-state index contributed by atoms with van der Waals surface area (Å²) in [5.74, 6) is 2.69. The normalized spacial score (nSPS) is 12.7. The van der Waals surface area contributed by atoms with Crippen molar-refractivity contribution >= 4 is 0 Å². The fourth-order valence-corrected chi connectivity index (χ4v) is 1.51. The number of hydrogen-bond donors (Lipinski definition) is 1. The second-order valence-corrected chi connectivity index (χ2v) is 4.28. The van der Waals surface area contributed by atoms with Gasteiger partial charge in [-0.3, -0.25) is 4.68 Å². The van der Waals surface area contributed by atoms with Gasteiger partial charge < -0.3 is 5.32 Å². The molecule has 0 saturated heterocycles. The average molecular weight is 219 g/mol. The summed E-state index contributed by atoms with van der Waals surface area (Å²) in [4.78, 5) is 0. The summed E-state index contributed by atoms with van der Waals surface area (Å²) in [5, 5.41) is 7.90. The van der Waals surface area contributed by atoms with E-state index in [1.807, 2.05) is 10.9 Å². The molecule has 16 heavy (non-hydrogen) atoms. The fourth-order valence-electron chi connectivity index (χ4n) is 1.51. The smallest absolute Gasteiger partial charge is 0.0762 e. The van der Waals surface area contributed by atoms with Crippen LogP contribution in [0.5, 0.6) is 0 Å². The first-order chi connectivity index (χ1) is 7.67. The largest absolute Gasteiger partial charge is 0.307 e. The van der Waals surface area contributed by atoms with E-state index in [4.69, 9.17) is 6.42 Å². The maximum absolute atomic E-state index is 5.31. The molecule has 1 aromatic rings. The highest BCUT2D eigenvalue weighted by Crippen LogP contribution is 2.05. The van der Waals surface area contributed by atoms with Gasteiger partial charge in [0.1, 0.15) is 0 Å². The van der Waals surface area contributed by atoms with Gasteiger partial charge in [-0.05, 0) is 26.3 Å². The third kappa shape index (κ3) is 3.71. The van der Waals surface area contributed by atoms with Crippen LogP contribution in [0.15, 0.2) is 12.3 Å². The maximum atomic E-state index is 5.31. The molecule has 0 spiro atoms. The molecule has 1 unspecified atom stereocenters. The van der Waals surface area contributed by atoms with Gasteiger partial charge >= 0.3 is 0 Å². The summed E-state index contributed by atoms with van der Waals surface area (Å²) >= 11 is 0. The zero-order chi connectivity index (χ0) is 12.0. The van der Waals surface area contributed by atoms with E-state index < -0.39 is 0 Å². The third-order valence-electron chi connectivity index (χ3n) is 2.62. The lowest BCUT2D eigenvalue weighted by molar-refractivity contribution is 0.487. The molecule has 1 heterocycles. The van der Waals surface area contributed by atoms with Gasteiger partial charge in [0.2, 0.25) is 0 Å². The van der Waals surface area contributed by atoms with Crippen LogP contribution < -0.4 is 5.32 Å². The van der Waals surface area contributed by atoms with E-state index in [0.29, 0.717) is 12.1 Å². The Hall–Kier alpha value is -1.27. The Morgan fingerprint density at radius 1 is 1.56 bits per heavy atom. The minimum Gasteiger partial charge on any atom is -0.307 e. The van der Waals surface area contributed by atoms with E-state index in [0.717, 1.165) is 25.1 Å². The van der Waals surface area contributed by atoms with Crippen molar-refractivity contribution in [3.63, 3.8) is 0 Å². The van der Waals surface area contributed by atoms with Crippen LogP contribution in [0.25, 0.3) is 0 Å². The summed E-state index contributed by atoms with van der Waals surface area (Å²) in [6, 6.07) is 2.87. The van der Waals surface area contributed by atoms with E-state index in [1.54, 1.807) is 0 Å². The highest BCUT2D eigenvalue weighted by atomic mass is 15.3. The molecule has 1 atom stereocenters. The van der Waals surface area contributed by atoms with Gasteiger partial charge in [0.05, 0.1) is 5.69 Å². The molecule has 0 aliphatic heterocycles. The summed E-state index contributed by atoms with van der Waals surface area (Å²) < 4.78 is 1.97. The average Bonchev–Trinajstić information content (AvgIpc) is 2.73. The Kier molecular flexibility index (Phi) is 5.07. The van der Waals surface area contributed by atoms with Gasteiger partial charge in [0.25, 0.3) is 0 Å². The lowest BCUT2D eigenvalue weighted by atomic mass is 10.1. The maximum Gasteiger partial charge on any atom is 0.0762 e. The first kappa shape index (κ1) is 12.8. The fraction of sp³-hybridized carbons (Fsp3) is 0.615. The minimum atomic E-state index is 0.397. The predicted octanol–water partition coefficient (Wildman–Crippen LogP) is 2.36. The number of rotatable bonds is 6. The number of nitrogens with zero attached hydrogens (tertiary/aromatic N) is 2. The molecule has 0 aliphatic rings. The molecule has 88 valence electrons. The minimum absolute atomic E-state index is 0.397. The van der Waals surface area contributed by atoms with Crippen LogP contribution in [0.1, 0.15) is 45.3 Å². The van der Waals surface area contributed by atoms with Crippen LogP contribution in [-0.4, -0.2) is 15.8 Å². The second kappa shape index (κ2) is 6.34. The van der Waals surface area contributed by atoms with Crippen LogP contribution in [0.3, 0.4) is 0 Å². The van der Waals surface area contributed by atoms with Gasteiger partial charge in [-0.15, -0.1) is 12.3 Å². The Bertz CT molecular complexity index is 346. The quantitative estimate of drug-likeness (QED) is 0.744. The zero-order valence-corrected chi connectivity index (χ0v) is 10.4. The number of aromatic nitrogens is 2. The lowest BCUT2D eigenvalue weighted by Crippen LogP contribution is -2.27. The number of hydrogen-bond acceptors (Lipinski definition) is 2. The summed E-state index contributed by atoms with van der Waals surface area (Å²) in [6.45, 7) is 7.18. The van der Waals surface area contributed by atoms with Crippen LogP contribution in [0, 0.1) is 12.3 Å². The van der Waals surface area contributed by atoms with E-state index in [2.05, 4.69) is 43.2 Å². The molecule has 0 radical (unpaired) electrons. The highest BCUT2D eigenvalue weighted by Gasteiger charge is 2.06. The summed E-state index contributed by atoms with van der Waals surface area (Å²) in [6.07, 6.45) is 9.16. The Morgan fingerprint density at radius 3 is 2.81 bits per heavy atom. The molecule has 1 N–H and O–H groups in total. The monoisotopic (exact) mass is 219 g/mol. The first-order valence-corrected chi connectivity index (χ1v) is 5.88. The standard InChI is InChI=1S/C13H21N3/c1-5-7-12(6-2)14-10-13-8-9-16(15-13)11(3)4/h1,8-9,11-12,14H,6-7,10H2,2-4H3. The molecule has 3 nitrogen and oxygen atoms in total. The molecule has 0 bridgehead atoms. The van der Waals surface area contributed by atoms with Crippen molar-refractivity contribution in [1.82, 2.24) is 15.1 Å². The SMILES string of the molecule is C#CCC(CC)NCc1ccn(C(C)C)n1. The molecular weight excluding hydrogens is 198 g/mol.